The van der Waals surface area contributed by atoms with Gasteiger partial charge in [0.1, 0.15) is 0 Å². The van der Waals surface area contributed by atoms with Crippen LogP contribution in [0.2, 0.25) is 4.34 Å². The molecule has 2 rings (SSSR count). The molecular weight excluding hydrogens is 346 g/mol. The molecule has 1 unspecified atom stereocenters. The Balaban J connectivity index is 2.02. The van der Waals surface area contributed by atoms with E-state index in [1.807, 2.05) is 32.9 Å². The highest BCUT2D eigenvalue weighted by Gasteiger charge is 2.14. The van der Waals surface area contributed by atoms with Gasteiger partial charge in [0.05, 0.1) is 10.4 Å². The summed E-state index contributed by atoms with van der Waals surface area (Å²) in [5.74, 6) is -0.208. The minimum absolute atomic E-state index is 0.0370. The fraction of sp³-hybridized carbons (Fsp3) is 0.294. The molecule has 0 bridgehead atoms. The maximum Gasteiger partial charge on any atom is 0.319 e. The average Bonchev–Trinajstić information content (AvgIpc) is 2.93. The lowest BCUT2D eigenvalue weighted by atomic mass is 10.1. The normalized spacial score (nSPS) is 11.9. The Morgan fingerprint density at radius 1 is 1.08 bits per heavy atom. The number of hydrogen-bond acceptors (Lipinski definition) is 3. The van der Waals surface area contributed by atoms with E-state index >= 15 is 0 Å². The van der Waals surface area contributed by atoms with Crippen LogP contribution in [0.25, 0.3) is 0 Å². The van der Waals surface area contributed by atoms with Gasteiger partial charge in [0.2, 0.25) is 0 Å². The Morgan fingerprint density at radius 3 is 2.46 bits per heavy atom. The fourth-order valence-corrected chi connectivity index (χ4v) is 3.14. The van der Waals surface area contributed by atoms with Gasteiger partial charge in [0.15, 0.2) is 0 Å². The van der Waals surface area contributed by atoms with E-state index in [1.165, 1.54) is 11.3 Å². The largest absolute Gasteiger partial charge is 0.345 e. The van der Waals surface area contributed by atoms with Crippen molar-refractivity contribution in [1.29, 1.82) is 0 Å². The molecule has 1 heterocycles. The number of rotatable bonds is 5. The summed E-state index contributed by atoms with van der Waals surface area (Å²) in [7, 11) is 0. The molecule has 1 atom stereocenters. The van der Waals surface area contributed by atoms with Crippen LogP contribution in [0.3, 0.4) is 0 Å². The third kappa shape index (κ3) is 5.25. The molecule has 1 aromatic heterocycles. The second kappa shape index (κ2) is 8.17. The maximum atomic E-state index is 12.4. The van der Waals surface area contributed by atoms with Crippen LogP contribution >= 0.6 is 22.9 Å². The first kappa shape index (κ1) is 18.3. The zero-order valence-electron chi connectivity index (χ0n) is 13.7. The van der Waals surface area contributed by atoms with E-state index in [4.69, 9.17) is 11.6 Å². The van der Waals surface area contributed by atoms with Crippen molar-refractivity contribution in [3.8, 4) is 0 Å². The molecule has 0 aliphatic heterocycles. The Hall–Kier alpha value is -2.05. The summed E-state index contributed by atoms with van der Waals surface area (Å²) in [5, 5.41) is 8.37. The molecule has 1 aromatic carbocycles. The molecule has 0 saturated heterocycles. The number of carbonyl (C=O) groups is 2. The number of benzene rings is 1. The van der Waals surface area contributed by atoms with Gasteiger partial charge in [-0.05, 0) is 51.1 Å². The second-order valence-corrected chi connectivity index (χ2v) is 7.42. The maximum absolute atomic E-state index is 12.4. The number of urea groups is 1. The van der Waals surface area contributed by atoms with Crippen molar-refractivity contribution < 1.29 is 9.59 Å². The number of halogens is 1. The summed E-state index contributed by atoms with van der Waals surface area (Å²) < 4.78 is 0.688. The Morgan fingerprint density at radius 2 is 1.83 bits per heavy atom. The first-order chi connectivity index (χ1) is 11.3. The minimum Gasteiger partial charge on any atom is -0.345 e. The first-order valence-electron chi connectivity index (χ1n) is 7.59. The van der Waals surface area contributed by atoms with Crippen molar-refractivity contribution in [3.63, 3.8) is 0 Å². The summed E-state index contributed by atoms with van der Waals surface area (Å²) in [4.78, 5) is 25.1. The van der Waals surface area contributed by atoms with Crippen molar-refractivity contribution >= 4 is 40.6 Å². The van der Waals surface area contributed by atoms with E-state index < -0.39 is 0 Å². The third-order valence-corrected chi connectivity index (χ3v) is 4.58. The molecule has 0 aliphatic rings. The predicted octanol–water partition coefficient (Wildman–Crippen LogP) is 4.42. The van der Waals surface area contributed by atoms with Gasteiger partial charge in [0, 0.05) is 22.2 Å². The molecule has 3 N–H and O–H groups in total. The Bertz CT molecular complexity index is 730. The lowest BCUT2D eigenvalue weighted by Crippen LogP contribution is -2.34. The van der Waals surface area contributed by atoms with Gasteiger partial charge in [0.25, 0.3) is 5.91 Å². The molecule has 2 aromatic rings. The monoisotopic (exact) mass is 365 g/mol. The molecule has 0 aliphatic carbocycles. The zero-order chi connectivity index (χ0) is 17.7. The number of carbonyl (C=O) groups excluding carboxylic acids is 2. The van der Waals surface area contributed by atoms with E-state index in [-0.39, 0.29) is 24.0 Å². The van der Waals surface area contributed by atoms with Gasteiger partial charge in [-0.2, -0.15) is 0 Å². The van der Waals surface area contributed by atoms with Gasteiger partial charge < -0.3 is 16.0 Å². The average molecular weight is 366 g/mol. The van der Waals surface area contributed by atoms with Gasteiger partial charge in [-0.3, -0.25) is 4.79 Å². The smallest absolute Gasteiger partial charge is 0.319 e. The molecule has 0 fully saturated rings. The Labute approximate surface area is 150 Å². The van der Waals surface area contributed by atoms with Gasteiger partial charge in [-0.1, -0.05) is 17.7 Å². The van der Waals surface area contributed by atoms with Crippen molar-refractivity contribution in [2.24, 2.45) is 0 Å². The molecule has 0 radical (unpaired) electrons. The number of nitrogens with one attached hydrogen (secondary N) is 3. The summed E-state index contributed by atoms with van der Waals surface area (Å²) in [5.41, 5.74) is 1.04. The lowest BCUT2D eigenvalue weighted by molar-refractivity contribution is 0.0940. The molecule has 0 saturated carbocycles. The van der Waals surface area contributed by atoms with E-state index in [2.05, 4.69) is 16.0 Å². The van der Waals surface area contributed by atoms with Crippen molar-refractivity contribution in [1.82, 2.24) is 10.6 Å². The minimum atomic E-state index is -0.302. The summed E-state index contributed by atoms with van der Waals surface area (Å²) in [6.07, 6.45) is 0. The summed E-state index contributed by atoms with van der Waals surface area (Å²) >= 11 is 7.36. The third-order valence-electron chi connectivity index (χ3n) is 3.17. The van der Waals surface area contributed by atoms with Crippen LogP contribution in [0.5, 0.6) is 0 Å². The SMILES string of the molecule is CC(C)NC(=O)Nc1cccc(C(=O)NC(C)c2ccc(Cl)s2)c1. The van der Waals surface area contributed by atoms with E-state index in [0.717, 1.165) is 4.88 Å². The highest BCUT2D eigenvalue weighted by Crippen LogP contribution is 2.26. The molecule has 0 spiro atoms. The van der Waals surface area contributed by atoms with Crippen molar-refractivity contribution in [2.45, 2.75) is 32.9 Å². The van der Waals surface area contributed by atoms with Crippen LogP contribution < -0.4 is 16.0 Å². The van der Waals surface area contributed by atoms with Crippen LogP contribution in [0.15, 0.2) is 36.4 Å². The van der Waals surface area contributed by atoms with Crippen molar-refractivity contribution in [2.75, 3.05) is 5.32 Å². The fourth-order valence-electron chi connectivity index (χ4n) is 2.08. The van der Waals surface area contributed by atoms with Crippen molar-refractivity contribution in [3.05, 3.63) is 51.2 Å². The van der Waals surface area contributed by atoms with Crippen LogP contribution in [-0.2, 0) is 0 Å². The summed E-state index contributed by atoms with van der Waals surface area (Å²) in [6.45, 7) is 5.65. The quantitative estimate of drug-likeness (QED) is 0.733. The molecule has 7 heteroatoms. The highest BCUT2D eigenvalue weighted by molar-refractivity contribution is 7.16. The van der Waals surface area contributed by atoms with E-state index in [0.29, 0.717) is 15.6 Å². The van der Waals surface area contributed by atoms with E-state index in [1.54, 1.807) is 24.3 Å². The number of hydrogen-bond donors (Lipinski definition) is 3. The standard InChI is InChI=1S/C17H20ClN3O2S/c1-10(2)19-17(23)21-13-6-4-5-12(9-13)16(22)20-11(3)14-7-8-15(18)24-14/h4-11H,1-3H3,(H,20,22)(H2,19,21,23). The molecule has 3 amide bonds. The highest BCUT2D eigenvalue weighted by atomic mass is 35.5. The van der Waals surface area contributed by atoms with Crippen LogP contribution in [0, 0.1) is 0 Å². The van der Waals surface area contributed by atoms with Gasteiger partial charge in [-0.25, -0.2) is 4.79 Å². The zero-order valence-corrected chi connectivity index (χ0v) is 15.3. The summed E-state index contributed by atoms with van der Waals surface area (Å²) in [6, 6.07) is 10.1. The lowest BCUT2D eigenvalue weighted by Gasteiger charge is -2.13. The molecule has 24 heavy (non-hydrogen) atoms. The van der Waals surface area contributed by atoms with E-state index in [9.17, 15) is 9.59 Å². The topological polar surface area (TPSA) is 70.2 Å². The van der Waals surface area contributed by atoms with Crippen LogP contribution in [-0.4, -0.2) is 18.0 Å². The van der Waals surface area contributed by atoms with Crippen LogP contribution in [0.4, 0.5) is 10.5 Å². The molecule has 128 valence electrons. The number of thiophene rings is 1. The Kier molecular flexibility index (Phi) is 6.23. The molecule has 5 nitrogen and oxygen atoms in total. The molecular formula is C17H20ClN3O2S. The van der Waals surface area contributed by atoms with Gasteiger partial charge in [-0.15, -0.1) is 11.3 Å². The van der Waals surface area contributed by atoms with Gasteiger partial charge >= 0.3 is 6.03 Å². The second-order valence-electron chi connectivity index (χ2n) is 5.67. The predicted molar refractivity (Wildman–Crippen MR) is 98.9 cm³/mol. The number of anilines is 1. The first-order valence-corrected chi connectivity index (χ1v) is 8.78. The number of amides is 3. The van der Waals surface area contributed by atoms with Crippen LogP contribution in [0.1, 0.15) is 42.0 Å².